The van der Waals surface area contributed by atoms with Gasteiger partial charge >= 0.3 is 6.03 Å². The Kier molecular flexibility index (Phi) is 5.92. The molecule has 1 heterocycles. The smallest absolute Gasteiger partial charge is 0.325 e. The molecular weight excluding hydrogens is 366 g/mol. The van der Waals surface area contributed by atoms with E-state index in [1.54, 1.807) is 0 Å². The maximum atomic E-state index is 13.3. The first-order valence-corrected chi connectivity index (χ1v) is 9.25. The molecule has 1 atom stereocenters. The molecule has 0 unspecified atom stereocenters. The summed E-state index contributed by atoms with van der Waals surface area (Å²) in [6.45, 7) is 2.13. The maximum Gasteiger partial charge on any atom is 0.325 e. The first kappa shape index (κ1) is 19.8. The lowest BCUT2D eigenvalue weighted by Crippen LogP contribution is -2.44. The van der Waals surface area contributed by atoms with E-state index in [1.165, 1.54) is 48.5 Å². The Balaban J connectivity index is 1.74. The number of hydrogen-bond donors (Lipinski definition) is 1. The average Bonchev–Trinajstić information content (AvgIpc) is 2.93. The maximum absolute atomic E-state index is 13.3. The SMILES string of the molecule is CCCC[C@]1(c2ccc(F)cc2)NC(=O)N(CCOc2ccc(F)cc2)C1=O. The molecule has 2 aromatic rings. The van der Waals surface area contributed by atoms with Crippen molar-refractivity contribution in [2.45, 2.75) is 31.7 Å². The van der Waals surface area contributed by atoms with Crippen molar-refractivity contribution in [2.75, 3.05) is 13.2 Å². The summed E-state index contributed by atoms with van der Waals surface area (Å²) in [5.41, 5.74) is -0.640. The Morgan fingerprint density at radius 1 is 1.00 bits per heavy atom. The second-order valence-electron chi connectivity index (χ2n) is 6.71. The molecule has 1 aliphatic rings. The van der Waals surface area contributed by atoms with E-state index in [4.69, 9.17) is 4.74 Å². The van der Waals surface area contributed by atoms with Crippen molar-refractivity contribution in [3.63, 3.8) is 0 Å². The van der Waals surface area contributed by atoms with Crippen LogP contribution in [0.5, 0.6) is 5.75 Å². The lowest BCUT2D eigenvalue weighted by Gasteiger charge is -2.27. The van der Waals surface area contributed by atoms with Crippen molar-refractivity contribution in [1.82, 2.24) is 10.2 Å². The predicted octanol–water partition coefficient (Wildman–Crippen LogP) is 3.98. The van der Waals surface area contributed by atoms with Crippen molar-refractivity contribution in [2.24, 2.45) is 0 Å². The summed E-state index contributed by atoms with van der Waals surface area (Å²) in [7, 11) is 0. The minimum absolute atomic E-state index is 0.0527. The fraction of sp³-hybridized carbons (Fsp3) is 0.333. The standard InChI is InChI=1S/C21H22F2N2O3/c1-2-3-12-21(15-4-6-16(22)7-5-15)19(26)25(20(27)24-21)13-14-28-18-10-8-17(23)9-11-18/h4-11H,2-3,12-14H2,1H3,(H,24,27)/t21-/m1/s1. The van der Waals surface area contributed by atoms with E-state index in [0.29, 0.717) is 17.7 Å². The summed E-state index contributed by atoms with van der Waals surface area (Å²) < 4.78 is 31.8. The molecule has 0 saturated carbocycles. The zero-order valence-corrected chi connectivity index (χ0v) is 15.6. The zero-order chi connectivity index (χ0) is 20.1. The quantitative estimate of drug-likeness (QED) is 0.696. The van der Waals surface area contributed by atoms with Crippen LogP contribution in [-0.4, -0.2) is 30.0 Å². The number of hydrogen-bond acceptors (Lipinski definition) is 3. The van der Waals surface area contributed by atoms with Crippen molar-refractivity contribution in [3.05, 3.63) is 65.7 Å². The van der Waals surface area contributed by atoms with Crippen molar-refractivity contribution in [1.29, 1.82) is 0 Å². The lowest BCUT2D eigenvalue weighted by molar-refractivity contribution is -0.132. The number of carbonyl (C=O) groups excluding carboxylic acids is 2. The number of carbonyl (C=O) groups is 2. The summed E-state index contributed by atoms with van der Waals surface area (Å²) in [6, 6.07) is 10.6. The van der Waals surface area contributed by atoms with Gasteiger partial charge in [0.1, 0.15) is 29.5 Å². The van der Waals surface area contributed by atoms with Gasteiger partial charge in [-0.25, -0.2) is 13.6 Å². The van der Waals surface area contributed by atoms with Gasteiger partial charge in [0.15, 0.2) is 0 Å². The summed E-state index contributed by atoms with van der Waals surface area (Å²) in [4.78, 5) is 26.8. The number of unbranched alkanes of at least 4 members (excludes halogenated alkanes) is 1. The molecule has 1 saturated heterocycles. The monoisotopic (exact) mass is 388 g/mol. The molecule has 148 valence electrons. The third kappa shape index (κ3) is 3.98. The van der Waals surface area contributed by atoms with Crippen LogP contribution in [0.25, 0.3) is 0 Å². The summed E-state index contributed by atoms with van der Waals surface area (Å²) in [6.07, 6.45) is 2.00. The van der Waals surface area contributed by atoms with Crippen LogP contribution in [0.3, 0.4) is 0 Å². The summed E-state index contributed by atoms with van der Waals surface area (Å²) in [5.74, 6) is -0.707. The Labute approximate surface area is 162 Å². The second-order valence-corrected chi connectivity index (χ2v) is 6.71. The molecule has 5 nitrogen and oxygen atoms in total. The van der Waals surface area contributed by atoms with Crippen LogP contribution in [0, 0.1) is 11.6 Å². The van der Waals surface area contributed by atoms with E-state index in [2.05, 4.69) is 5.32 Å². The fourth-order valence-electron chi connectivity index (χ4n) is 3.30. The van der Waals surface area contributed by atoms with E-state index in [1.807, 2.05) is 6.92 Å². The van der Waals surface area contributed by atoms with Gasteiger partial charge in [0.2, 0.25) is 0 Å². The molecule has 1 fully saturated rings. The van der Waals surface area contributed by atoms with Crippen molar-refractivity contribution < 1.29 is 23.1 Å². The van der Waals surface area contributed by atoms with Gasteiger partial charge in [-0.1, -0.05) is 31.9 Å². The van der Waals surface area contributed by atoms with Crippen LogP contribution in [0.2, 0.25) is 0 Å². The number of urea groups is 1. The van der Waals surface area contributed by atoms with E-state index in [-0.39, 0.29) is 24.9 Å². The van der Waals surface area contributed by atoms with Gasteiger partial charge in [0, 0.05) is 0 Å². The molecular formula is C21H22F2N2O3. The van der Waals surface area contributed by atoms with Gasteiger partial charge in [-0.05, 0) is 48.4 Å². The van der Waals surface area contributed by atoms with E-state index >= 15 is 0 Å². The molecule has 3 amide bonds. The summed E-state index contributed by atoms with van der Waals surface area (Å²) in [5, 5.41) is 2.80. The first-order valence-electron chi connectivity index (χ1n) is 9.25. The molecule has 0 aliphatic carbocycles. The highest BCUT2D eigenvalue weighted by Gasteiger charge is 2.51. The Morgan fingerprint density at radius 3 is 2.21 bits per heavy atom. The molecule has 1 aliphatic heterocycles. The highest BCUT2D eigenvalue weighted by Crippen LogP contribution is 2.34. The molecule has 0 aromatic heterocycles. The number of nitrogens with zero attached hydrogens (tertiary/aromatic N) is 1. The van der Waals surface area contributed by atoms with Gasteiger partial charge in [-0.2, -0.15) is 0 Å². The first-order chi connectivity index (χ1) is 13.5. The Morgan fingerprint density at radius 2 is 1.61 bits per heavy atom. The van der Waals surface area contributed by atoms with Gasteiger partial charge in [-0.3, -0.25) is 9.69 Å². The third-order valence-electron chi connectivity index (χ3n) is 4.82. The molecule has 7 heteroatoms. The molecule has 3 rings (SSSR count). The number of amides is 3. The largest absolute Gasteiger partial charge is 0.492 e. The van der Waals surface area contributed by atoms with Crippen LogP contribution in [0.4, 0.5) is 13.6 Å². The molecule has 0 radical (unpaired) electrons. The second kappa shape index (κ2) is 8.37. The van der Waals surface area contributed by atoms with Crippen molar-refractivity contribution >= 4 is 11.9 Å². The highest BCUT2D eigenvalue weighted by molar-refractivity contribution is 6.07. The van der Waals surface area contributed by atoms with E-state index in [9.17, 15) is 18.4 Å². The van der Waals surface area contributed by atoms with E-state index < -0.39 is 17.4 Å². The van der Waals surface area contributed by atoms with Crippen LogP contribution in [0.1, 0.15) is 31.7 Å². The van der Waals surface area contributed by atoms with Gasteiger partial charge in [0.25, 0.3) is 5.91 Å². The third-order valence-corrected chi connectivity index (χ3v) is 4.82. The minimum Gasteiger partial charge on any atom is -0.492 e. The number of rotatable bonds is 8. The molecule has 28 heavy (non-hydrogen) atoms. The van der Waals surface area contributed by atoms with Gasteiger partial charge in [0.05, 0.1) is 6.54 Å². The number of benzene rings is 2. The van der Waals surface area contributed by atoms with E-state index in [0.717, 1.165) is 17.7 Å². The minimum atomic E-state index is -1.20. The number of ether oxygens (including phenoxy) is 1. The number of nitrogens with one attached hydrogen (secondary N) is 1. The topological polar surface area (TPSA) is 58.6 Å². The molecule has 1 N–H and O–H groups in total. The van der Waals surface area contributed by atoms with Gasteiger partial charge in [-0.15, -0.1) is 0 Å². The normalized spacial score (nSPS) is 19.0. The highest BCUT2D eigenvalue weighted by atomic mass is 19.1. The van der Waals surface area contributed by atoms with Gasteiger partial charge < -0.3 is 10.1 Å². The van der Waals surface area contributed by atoms with Crippen molar-refractivity contribution in [3.8, 4) is 5.75 Å². The Hall–Kier alpha value is -2.96. The predicted molar refractivity (Wildman–Crippen MR) is 99.7 cm³/mol. The number of imide groups is 1. The molecule has 0 spiro atoms. The van der Waals surface area contributed by atoms with Crippen LogP contribution < -0.4 is 10.1 Å². The van der Waals surface area contributed by atoms with Crippen LogP contribution >= 0.6 is 0 Å². The summed E-state index contributed by atoms with van der Waals surface area (Å²) >= 11 is 0. The van der Waals surface area contributed by atoms with Crippen LogP contribution in [-0.2, 0) is 10.3 Å². The number of halogens is 2. The lowest BCUT2D eigenvalue weighted by atomic mass is 9.85. The molecule has 2 aromatic carbocycles. The fourth-order valence-corrected chi connectivity index (χ4v) is 3.30. The zero-order valence-electron chi connectivity index (χ0n) is 15.6. The average molecular weight is 388 g/mol. The Bertz CT molecular complexity index is 840. The van der Waals surface area contributed by atoms with Crippen LogP contribution in [0.15, 0.2) is 48.5 Å². The molecule has 0 bridgehead atoms.